The fourth-order valence-corrected chi connectivity index (χ4v) is 2.82. The molecular weight excluding hydrogens is 270 g/mol. The van der Waals surface area contributed by atoms with Crippen molar-refractivity contribution in [1.29, 1.82) is 0 Å². The molecule has 0 aliphatic rings. The van der Waals surface area contributed by atoms with Crippen molar-refractivity contribution in [2.45, 2.75) is 20.3 Å². The third-order valence-electron chi connectivity index (χ3n) is 2.60. The lowest BCUT2D eigenvalue weighted by atomic mass is 10.3. The number of nitrogen functional groups attached to an aromatic ring is 1. The summed E-state index contributed by atoms with van der Waals surface area (Å²) in [7, 11) is -1.58. The maximum absolute atomic E-state index is 11.8. The van der Waals surface area contributed by atoms with Gasteiger partial charge in [-0.25, -0.2) is 13.2 Å². The van der Waals surface area contributed by atoms with Gasteiger partial charge in [-0.2, -0.15) is 5.10 Å². The average molecular weight is 289 g/mol. The van der Waals surface area contributed by atoms with E-state index >= 15 is 0 Å². The normalized spacial score (nSPS) is 11.5. The lowest BCUT2D eigenvalue weighted by molar-refractivity contribution is 0.0518. The highest BCUT2D eigenvalue weighted by Crippen LogP contribution is 2.16. The summed E-state index contributed by atoms with van der Waals surface area (Å²) in [6.07, 6.45) is 0.546. The van der Waals surface area contributed by atoms with Crippen molar-refractivity contribution in [2.24, 2.45) is 7.05 Å². The smallest absolute Gasteiger partial charge is 0.358 e. The molecule has 19 heavy (non-hydrogen) atoms. The lowest BCUT2D eigenvalue weighted by Gasteiger charge is -2.06. The van der Waals surface area contributed by atoms with E-state index in [0.717, 1.165) is 0 Å². The zero-order chi connectivity index (χ0) is 14.6. The first kappa shape index (κ1) is 15.5. The zero-order valence-electron chi connectivity index (χ0n) is 11.3. The Morgan fingerprint density at radius 3 is 2.53 bits per heavy atom. The molecule has 0 saturated heterocycles. The first-order valence-corrected chi connectivity index (χ1v) is 7.77. The number of carbonyl (C=O) groups is 1. The molecule has 8 heteroatoms. The summed E-state index contributed by atoms with van der Waals surface area (Å²) < 4.78 is 29.2. The maximum Gasteiger partial charge on any atom is 0.358 e. The van der Waals surface area contributed by atoms with Crippen LogP contribution in [0.5, 0.6) is 0 Å². The van der Waals surface area contributed by atoms with E-state index < -0.39 is 15.8 Å². The minimum Gasteiger partial charge on any atom is -0.460 e. The molecular formula is C11H19N3O4S. The summed E-state index contributed by atoms with van der Waals surface area (Å²) in [5, 5.41) is 3.99. The number of ether oxygens (including phenoxy) is 1. The standard InChI is InChI=1S/C11H19N3O4S/c1-4-6-19(16,17)7-5-18-11(15)10-9(12)8(2)13-14(10)3/h4-7,12H2,1-3H3. The van der Waals surface area contributed by atoms with Gasteiger partial charge in [0.2, 0.25) is 0 Å². The van der Waals surface area contributed by atoms with Crippen molar-refractivity contribution >= 4 is 21.5 Å². The monoisotopic (exact) mass is 289 g/mol. The first-order chi connectivity index (χ1) is 8.78. The molecule has 0 atom stereocenters. The van der Waals surface area contributed by atoms with E-state index in [2.05, 4.69) is 5.10 Å². The molecule has 1 heterocycles. The van der Waals surface area contributed by atoms with Crippen LogP contribution in [0, 0.1) is 6.92 Å². The molecule has 0 amide bonds. The van der Waals surface area contributed by atoms with Crippen LogP contribution < -0.4 is 5.73 Å². The predicted octanol–water partition coefficient (Wildman–Crippen LogP) is 0.292. The molecule has 0 aliphatic carbocycles. The van der Waals surface area contributed by atoms with E-state index in [-0.39, 0.29) is 29.5 Å². The van der Waals surface area contributed by atoms with Crippen LogP contribution in [0.2, 0.25) is 0 Å². The van der Waals surface area contributed by atoms with Crippen molar-refractivity contribution in [3.8, 4) is 0 Å². The van der Waals surface area contributed by atoms with Crippen LogP contribution in [0.15, 0.2) is 0 Å². The highest BCUT2D eigenvalue weighted by Gasteiger charge is 2.20. The highest BCUT2D eigenvalue weighted by atomic mass is 32.2. The molecule has 0 saturated carbocycles. The van der Waals surface area contributed by atoms with Crippen molar-refractivity contribution < 1.29 is 17.9 Å². The van der Waals surface area contributed by atoms with Crippen LogP contribution in [0.4, 0.5) is 5.69 Å². The van der Waals surface area contributed by atoms with Crippen LogP contribution in [0.3, 0.4) is 0 Å². The van der Waals surface area contributed by atoms with Gasteiger partial charge in [-0.3, -0.25) is 4.68 Å². The quantitative estimate of drug-likeness (QED) is 0.755. The number of nitrogens with two attached hydrogens (primary N) is 1. The number of aryl methyl sites for hydroxylation is 2. The SMILES string of the molecule is CCCS(=O)(=O)CCOC(=O)c1c(N)c(C)nn1C. The van der Waals surface area contributed by atoms with Crippen LogP contribution in [0.1, 0.15) is 29.5 Å². The predicted molar refractivity (Wildman–Crippen MR) is 71.6 cm³/mol. The molecule has 1 aromatic heterocycles. The van der Waals surface area contributed by atoms with Crippen LogP contribution in [0.25, 0.3) is 0 Å². The second kappa shape index (κ2) is 6.05. The summed E-state index contributed by atoms with van der Waals surface area (Å²) in [4.78, 5) is 11.8. The van der Waals surface area contributed by atoms with Gasteiger partial charge in [-0.1, -0.05) is 6.92 Å². The fourth-order valence-electron chi connectivity index (χ4n) is 1.66. The third kappa shape index (κ3) is 3.95. The Bertz CT molecular complexity index is 563. The third-order valence-corrected chi connectivity index (χ3v) is 4.42. The molecule has 0 radical (unpaired) electrons. The number of anilines is 1. The van der Waals surface area contributed by atoms with E-state index in [4.69, 9.17) is 10.5 Å². The van der Waals surface area contributed by atoms with Gasteiger partial charge in [-0.05, 0) is 13.3 Å². The van der Waals surface area contributed by atoms with Crippen LogP contribution in [-0.4, -0.2) is 42.3 Å². The number of esters is 1. The number of hydrogen-bond donors (Lipinski definition) is 1. The number of nitrogens with zero attached hydrogens (tertiary/aromatic N) is 2. The molecule has 108 valence electrons. The Kier molecular flexibility index (Phi) is 4.93. The summed E-state index contributed by atoms with van der Waals surface area (Å²) in [6.45, 7) is 3.28. The molecule has 0 unspecified atom stereocenters. The minimum absolute atomic E-state index is 0.0947. The summed E-state index contributed by atoms with van der Waals surface area (Å²) in [6, 6.07) is 0. The van der Waals surface area contributed by atoms with Crippen molar-refractivity contribution in [1.82, 2.24) is 9.78 Å². The lowest BCUT2D eigenvalue weighted by Crippen LogP contribution is -2.19. The van der Waals surface area contributed by atoms with Gasteiger partial charge >= 0.3 is 5.97 Å². The van der Waals surface area contributed by atoms with Crippen LogP contribution >= 0.6 is 0 Å². The Morgan fingerprint density at radius 2 is 2.05 bits per heavy atom. The number of carbonyl (C=O) groups excluding carboxylic acids is 1. The largest absolute Gasteiger partial charge is 0.460 e. The molecule has 7 nitrogen and oxygen atoms in total. The second-order valence-electron chi connectivity index (χ2n) is 4.26. The molecule has 0 fully saturated rings. The number of aromatic nitrogens is 2. The number of rotatable bonds is 6. The summed E-state index contributed by atoms with van der Waals surface area (Å²) in [5.74, 6) is -0.742. The first-order valence-electron chi connectivity index (χ1n) is 5.95. The van der Waals surface area contributed by atoms with Crippen molar-refractivity contribution in [3.63, 3.8) is 0 Å². The van der Waals surface area contributed by atoms with Crippen LogP contribution in [-0.2, 0) is 21.6 Å². The highest BCUT2D eigenvalue weighted by molar-refractivity contribution is 7.91. The second-order valence-corrected chi connectivity index (χ2v) is 6.56. The Morgan fingerprint density at radius 1 is 1.42 bits per heavy atom. The Balaban J connectivity index is 2.62. The van der Waals surface area contributed by atoms with E-state index in [9.17, 15) is 13.2 Å². The fraction of sp³-hybridized carbons (Fsp3) is 0.636. The van der Waals surface area contributed by atoms with Gasteiger partial charge in [0.25, 0.3) is 0 Å². The average Bonchev–Trinajstić information content (AvgIpc) is 2.52. The van der Waals surface area contributed by atoms with Crippen molar-refractivity contribution in [2.75, 3.05) is 23.8 Å². The summed E-state index contributed by atoms with van der Waals surface area (Å²) in [5.41, 5.74) is 6.64. The maximum atomic E-state index is 11.8. The molecule has 0 aromatic carbocycles. The van der Waals surface area contributed by atoms with Gasteiger partial charge in [0.05, 0.1) is 22.9 Å². The zero-order valence-corrected chi connectivity index (χ0v) is 12.2. The topological polar surface area (TPSA) is 104 Å². The van der Waals surface area contributed by atoms with Gasteiger partial charge in [0, 0.05) is 7.05 Å². The minimum atomic E-state index is -3.16. The van der Waals surface area contributed by atoms with E-state index in [1.807, 2.05) is 0 Å². The van der Waals surface area contributed by atoms with E-state index in [1.165, 1.54) is 4.68 Å². The number of sulfone groups is 1. The van der Waals surface area contributed by atoms with E-state index in [0.29, 0.717) is 12.1 Å². The molecule has 0 aliphatic heterocycles. The molecule has 1 rings (SSSR count). The van der Waals surface area contributed by atoms with Gasteiger partial charge in [0.15, 0.2) is 15.5 Å². The van der Waals surface area contributed by atoms with Gasteiger partial charge < -0.3 is 10.5 Å². The number of hydrogen-bond acceptors (Lipinski definition) is 6. The molecule has 0 spiro atoms. The summed E-state index contributed by atoms with van der Waals surface area (Å²) >= 11 is 0. The molecule has 1 aromatic rings. The van der Waals surface area contributed by atoms with Crippen molar-refractivity contribution in [3.05, 3.63) is 11.4 Å². The Labute approximate surface area is 112 Å². The molecule has 2 N–H and O–H groups in total. The van der Waals surface area contributed by atoms with E-state index in [1.54, 1.807) is 20.9 Å². The molecule has 0 bridgehead atoms. The Hall–Kier alpha value is -1.57. The van der Waals surface area contributed by atoms with Gasteiger partial charge in [0.1, 0.15) is 6.61 Å². The van der Waals surface area contributed by atoms with Gasteiger partial charge in [-0.15, -0.1) is 0 Å².